The van der Waals surface area contributed by atoms with Crippen LogP contribution in [0.25, 0.3) is 22.2 Å². The first-order chi connectivity index (χ1) is 14.7. The van der Waals surface area contributed by atoms with Crippen LogP contribution in [0.2, 0.25) is 0 Å². The lowest BCUT2D eigenvalue weighted by molar-refractivity contribution is 0.327. The zero-order valence-electron chi connectivity index (χ0n) is 16.4. The summed E-state index contributed by atoms with van der Waals surface area (Å²) in [6.07, 6.45) is 1.69. The van der Waals surface area contributed by atoms with E-state index < -0.39 is 0 Å². The van der Waals surface area contributed by atoms with Gasteiger partial charge < -0.3 is 13.8 Å². The van der Waals surface area contributed by atoms with Gasteiger partial charge in [-0.3, -0.25) is 0 Å². The molecular formula is C22H19N5O2S. The highest BCUT2D eigenvalue weighted by atomic mass is 32.1. The normalized spacial score (nSPS) is 14.7. The van der Waals surface area contributed by atoms with Gasteiger partial charge in [0.05, 0.1) is 4.88 Å². The van der Waals surface area contributed by atoms with Gasteiger partial charge in [0.2, 0.25) is 29.2 Å². The van der Waals surface area contributed by atoms with Crippen molar-refractivity contribution in [1.82, 2.24) is 15.1 Å². The van der Waals surface area contributed by atoms with Crippen molar-refractivity contribution in [3.63, 3.8) is 0 Å². The monoisotopic (exact) mass is 417 g/mol. The Labute approximate surface area is 177 Å². The maximum atomic E-state index is 9.49. The molecule has 150 valence electrons. The first-order valence-electron chi connectivity index (χ1n) is 9.82. The third kappa shape index (κ3) is 3.37. The molecular weight excluding hydrogens is 398 g/mol. The number of anilines is 1. The van der Waals surface area contributed by atoms with Gasteiger partial charge in [0.1, 0.15) is 6.07 Å². The predicted octanol–water partition coefficient (Wildman–Crippen LogP) is 5.02. The number of aryl methyl sites for hydroxylation is 1. The lowest BCUT2D eigenvalue weighted by atomic mass is 9.96. The second-order valence-corrected chi connectivity index (χ2v) is 8.24. The van der Waals surface area contributed by atoms with E-state index in [-0.39, 0.29) is 5.92 Å². The standard InChI is InChI=1S/C22H19N5O2S/c1-14-5-2-3-6-16(14)19-25-20(29-26-19)15-8-10-27(11-9-15)22-17(13-23)24-21(28-22)18-7-4-12-30-18/h2-7,12,15H,8-11H2,1H3. The van der Waals surface area contributed by atoms with Crippen molar-refractivity contribution < 1.29 is 8.94 Å². The van der Waals surface area contributed by atoms with Gasteiger partial charge in [-0.1, -0.05) is 35.5 Å². The van der Waals surface area contributed by atoms with Crippen LogP contribution in [-0.4, -0.2) is 28.2 Å². The largest absolute Gasteiger partial charge is 0.418 e. The molecule has 7 nitrogen and oxygen atoms in total. The highest BCUT2D eigenvalue weighted by Crippen LogP contribution is 2.35. The van der Waals surface area contributed by atoms with Crippen LogP contribution in [-0.2, 0) is 0 Å². The molecule has 0 atom stereocenters. The predicted molar refractivity (Wildman–Crippen MR) is 113 cm³/mol. The minimum atomic E-state index is 0.191. The van der Waals surface area contributed by atoms with E-state index in [1.54, 1.807) is 11.3 Å². The third-order valence-corrected chi connectivity index (χ3v) is 6.26. The van der Waals surface area contributed by atoms with E-state index in [0.29, 0.717) is 29.2 Å². The molecule has 4 aromatic rings. The maximum Gasteiger partial charge on any atom is 0.240 e. The molecule has 4 heterocycles. The third-order valence-electron chi connectivity index (χ3n) is 5.41. The molecule has 1 aromatic carbocycles. The number of oxazole rings is 1. The second-order valence-electron chi connectivity index (χ2n) is 7.29. The summed E-state index contributed by atoms with van der Waals surface area (Å²) in [4.78, 5) is 12.0. The van der Waals surface area contributed by atoms with Gasteiger partial charge in [0, 0.05) is 24.6 Å². The fourth-order valence-corrected chi connectivity index (χ4v) is 4.42. The summed E-state index contributed by atoms with van der Waals surface area (Å²) in [6, 6.07) is 14.1. The van der Waals surface area contributed by atoms with E-state index >= 15 is 0 Å². The van der Waals surface area contributed by atoms with Crippen molar-refractivity contribution >= 4 is 17.2 Å². The van der Waals surface area contributed by atoms with Crippen molar-refractivity contribution in [2.24, 2.45) is 0 Å². The van der Waals surface area contributed by atoms with Gasteiger partial charge in [-0.05, 0) is 36.8 Å². The maximum absolute atomic E-state index is 9.49. The minimum absolute atomic E-state index is 0.191. The van der Waals surface area contributed by atoms with Gasteiger partial charge >= 0.3 is 0 Å². The second kappa shape index (κ2) is 7.76. The fraction of sp³-hybridized carbons (Fsp3) is 0.273. The minimum Gasteiger partial charge on any atom is -0.418 e. The molecule has 5 rings (SSSR count). The van der Waals surface area contributed by atoms with Crippen molar-refractivity contribution in [2.75, 3.05) is 18.0 Å². The van der Waals surface area contributed by atoms with Crippen LogP contribution < -0.4 is 4.90 Å². The van der Waals surface area contributed by atoms with Gasteiger partial charge in [-0.25, -0.2) is 0 Å². The van der Waals surface area contributed by atoms with Crippen LogP contribution in [0, 0.1) is 18.3 Å². The number of rotatable bonds is 4. The zero-order chi connectivity index (χ0) is 20.5. The summed E-state index contributed by atoms with van der Waals surface area (Å²) in [5.41, 5.74) is 2.44. The van der Waals surface area contributed by atoms with Crippen LogP contribution in [0.3, 0.4) is 0 Å². The summed E-state index contributed by atoms with van der Waals surface area (Å²) in [5, 5.41) is 15.6. The van der Waals surface area contributed by atoms with E-state index in [4.69, 9.17) is 8.94 Å². The van der Waals surface area contributed by atoms with E-state index in [1.165, 1.54) is 0 Å². The van der Waals surface area contributed by atoms with E-state index in [0.717, 1.165) is 41.9 Å². The topological polar surface area (TPSA) is 92.0 Å². The van der Waals surface area contributed by atoms with Gasteiger partial charge in [-0.2, -0.15) is 15.2 Å². The van der Waals surface area contributed by atoms with Crippen molar-refractivity contribution in [2.45, 2.75) is 25.7 Å². The molecule has 0 aliphatic carbocycles. The van der Waals surface area contributed by atoms with Crippen molar-refractivity contribution in [3.05, 3.63) is 58.9 Å². The van der Waals surface area contributed by atoms with Crippen LogP contribution in [0.15, 0.2) is 50.7 Å². The summed E-state index contributed by atoms with van der Waals surface area (Å²) in [5.74, 6) is 2.54. The van der Waals surface area contributed by atoms with Crippen LogP contribution in [0.5, 0.6) is 0 Å². The molecule has 3 aromatic heterocycles. The average Bonchev–Trinajstić information content (AvgIpc) is 3.54. The molecule has 30 heavy (non-hydrogen) atoms. The van der Waals surface area contributed by atoms with Gasteiger partial charge in [-0.15, -0.1) is 11.3 Å². The Hall–Kier alpha value is -3.44. The number of thiophene rings is 1. The zero-order valence-corrected chi connectivity index (χ0v) is 17.2. The number of hydrogen-bond acceptors (Lipinski definition) is 8. The number of piperidine rings is 1. The van der Waals surface area contributed by atoms with E-state index in [2.05, 4.69) is 26.1 Å². The van der Waals surface area contributed by atoms with Crippen molar-refractivity contribution in [3.8, 4) is 28.2 Å². The number of nitrogens with zero attached hydrogens (tertiary/aromatic N) is 5. The van der Waals surface area contributed by atoms with Gasteiger partial charge in [0.15, 0.2) is 0 Å². The Morgan fingerprint density at radius 3 is 2.70 bits per heavy atom. The molecule has 0 N–H and O–H groups in total. The number of nitriles is 1. The van der Waals surface area contributed by atoms with Crippen molar-refractivity contribution in [1.29, 1.82) is 5.26 Å². The first-order valence-corrected chi connectivity index (χ1v) is 10.7. The summed E-state index contributed by atoms with van der Waals surface area (Å²) < 4.78 is 11.5. The SMILES string of the molecule is Cc1ccccc1-c1noc(C2CCN(c3oc(-c4cccs4)nc3C#N)CC2)n1. The highest BCUT2D eigenvalue weighted by molar-refractivity contribution is 7.13. The van der Waals surface area contributed by atoms with E-state index in [9.17, 15) is 5.26 Å². The quantitative estimate of drug-likeness (QED) is 0.460. The summed E-state index contributed by atoms with van der Waals surface area (Å²) >= 11 is 1.54. The first kappa shape index (κ1) is 18.6. The molecule has 1 fully saturated rings. The smallest absolute Gasteiger partial charge is 0.240 e. The molecule has 0 radical (unpaired) electrons. The molecule has 1 saturated heterocycles. The molecule has 8 heteroatoms. The molecule has 1 aliphatic rings. The molecule has 0 bridgehead atoms. The van der Waals surface area contributed by atoms with Crippen LogP contribution in [0.1, 0.15) is 35.9 Å². The van der Waals surface area contributed by atoms with E-state index in [1.807, 2.05) is 48.7 Å². The summed E-state index contributed by atoms with van der Waals surface area (Å²) in [6.45, 7) is 3.51. The Bertz CT molecular complexity index is 1200. The lowest BCUT2D eigenvalue weighted by Crippen LogP contribution is -2.33. The Balaban J connectivity index is 1.31. The Kier molecular flexibility index (Phi) is 4.81. The summed E-state index contributed by atoms with van der Waals surface area (Å²) in [7, 11) is 0. The number of aromatic nitrogens is 3. The Morgan fingerprint density at radius 2 is 1.97 bits per heavy atom. The molecule has 0 unspecified atom stereocenters. The van der Waals surface area contributed by atoms with Crippen LogP contribution in [0.4, 0.5) is 5.88 Å². The Morgan fingerprint density at radius 1 is 1.13 bits per heavy atom. The number of hydrogen-bond donors (Lipinski definition) is 0. The molecule has 0 saturated carbocycles. The molecule has 0 spiro atoms. The number of benzene rings is 1. The highest BCUT2D eigenvalue weighted by Gasteiger charge is 2.29. The van der Waals surface area contributed by atoms with Gasteiger partial charge in [0.25, 0.3) is 0 Å². The molecule has 1 aliphatic heterocycles. The fourth-order valence-electron chi connectivity index (χ4n) is 3.77. The average molecular weight is 417 g/mol. The molecule has 0 amide bonds. The lowest BCUT2D eigenvalue weighted by Gasteiger charge is -2.29. The van der Waals surface area contributed by atoms with Crippen LogP contribution >= 0.6 is 11.3 Å².